The molecule has 1 heterocycles. The summed E-state index contributed by atoms with van der Waals surface area (Å²) in [5, 5.41) is 3.13. The van der Waals surface area contributed by atoms with Crippen LogP contribution in [-0.2, 0) is 20.2 Å². The summed E-state index contributed by atoms with van der Waals surface area (Å²) in [7, 11) is -3.85. The number of rotatable bonds is 6. The fourth-order valence-corrected chi connectivity index (χ4v) is 6.71. The third-order valence-electron chi connectivity index (χ3n) is 6.48. The molecule has 1 aliphatic heterocycles. The SMILES string of the molecule is C[C@H]1CN(S(=O)(=O)c2cc(C(=O)NCC3(c4ccccc4)CCC3)ccc2Cl)C[C@H](C)O1. The van der Waals surface area contributed by atoms with Crippen molar-refractivity contribution in [2.24, 2.45) is 0 Å². The van der Waals surface area contributed by atoms with Crippen LogP contribution in [0.2, 0.25) is 5.02 Å². The first-order chi connectivity index (χ1) is 15.2. The van der Waals surface area contributed by atoms with Gasteiger partial charge in [-0.05, 0) is 50.5 Å². The molecule has 0 bridgehead atoms. The van der Waals surface area contributed by atoms with Crippen LogP contribution in [0.3, 0.4) is 0 Å². The molecule has 0 unspecified atom stereocenters. The number of nitrogens with one attached hydrogen (secondary N) is 1. The van der Waals surface area contributed by atoms with E-state index in [-0.39, 0.29) is 52.1 Å². The van der Waals surface area contributed by atoms with E-state index < -0.39 is 10.0 Å². The van der Waals surface area contributed by atoms with Crippen molar-refractivity contribution < 1.29 is 17.9 Å². The summed E-state index contributed by atoms with van der Waals surface area (Å²) in [6.07, 6.45) is 2.74. The lowest BCUT2D eigenvalue weighted by atomic mass is 9.64. The maximum absolute atomic E-state index is 13.3. The molecule has 2 fully saturated rings. The van der Waals surface area contributed by atoms with Gasteiger partial charge in [0.05, 0.1) is 17.2 Å². The molecule has 8 heteroatoms. The van der Waals surface area contributed by atoms with Crippen LogP contribution in [0.25, 0.3) is 0 Å². The normalized spacial score (nSPS) is 23.3. The summed E-state index contributed by atoms with van der Waals surface area (Å²) in [5.74, 6) is -0.302. The number of hydrogen-bond donors (Lipinski definition) is 1. The van der Waals surface area contributed by atoms with Crippen molar-refractivity contribution in [1.29, 1.82) is 0 Å². The highest BCUT2D eigenvalue weighted by molar-refractivity contribution is 7.89. The number of nitrogens with zero attached hydrogens (tertiary/aromatic N) is 1. The van der Waals surface area contributed by atoms with Crippen molar-refractivity contribution in [3.8, 4) is 0 Å². The molecule has 4 rings (SSSR count). The number of sulfonamides is 1. The minimum absolute atomic E-state index is 0.0467. The second kappa shape index (κ2) is 9.14. The topological polar surface area (TPSA) is 75.7 Å². The lowest BCUT2D eigenvalue weighted by Crippen LogP contribution is -2.48. The molecule has 2 aromatic carbocycles. The predicted octanol–water partition coefficient (Wildman–Crippen LogP) is 3.99. The van der Waals surface area contributed by atoms with Gasteiger partial charge in [-0.25, -0.2) is 8.42 Å². The Bertz CT molecular complexity index is 1080. The van der Waals surface area contributed by atoms with Crippen LogP contribution in [0.4, 0.5) is 0 Å². The number of amides is 1. The number of halogens is 1. The zero-order valence-electron chi connectivity index (χ0n) is 18.4. The molecular formula is C24H29ClN2O4S. The van der Waals surface area contributed by atoms with E-state index in [4.69, 9.17) is 16.3 Å². The fraction of sp³-hybridized carbons (Fsp3) is 0.458. The standard InChI is InChI=1S/C24H29ClN2O4S/c1-17-14-27(15-18(2)31-17)32(29,30)22-13-19(9-10-21(22)25)23(28)26-16-24(11-6-12-24)20-7-4-3-5-8-20/h3-5,7-10,13,17-18H,6,11-12,14-16H2,1-2H3,(H,26,28)/t17-,18-/m0/s1. The molecule has 2 aliphatic rings. The van der Waals surface area contributed by atoms with Gasteiger partial charge in [0.15, 0.2) is 0 Å². The largest absolute Gasteiger partial charge is 0.373 e. The van der Waals surface area contributed by atoms with Gasteiger partial charge in [-0.15, -0.1) is 0 Å². The maximum Gasteiger partial charge on any atom is 0.251 e. The van der Waals surface area contributed by atoms with Gasteiger partial charge < -0.3 is 10.1 Å². The van der Waals surface area contributed by atoms with E-state index in [2.05, 4.69) is 17.4 Å². The van der Waals surface area contributed by atoms with Crippen LogP contribution in [0.1, 0.15) is 49.0 Å². The van der Waals surface area contributed by atoms with E-state index in [9.17, 15) is 13.2 Å². The molecule has 32 heavy (non-hydrogen) atoms. The van der Waals surface area contributed by atoms with Crippen molar-refractivity contribution in [2.75, 3.05) is 19.6 Å². The summed E-state index contributed by atoms with van der Waals surface area (Å²) in [5.41, 5.74) is 1.45. The smallest absolute Gasteiger partial charge is 0.251 e. The molecule has 0 spiro atoms. The number of ether oxygens (including phenoxy) is 1. The number of hydrogen-bond acceptors (Lipinski definition) is 4. The molecular weight excluding hydrogens is 448 g/mol. The first kappa shape index (κ1) is 23.2. The highest BCUT2D eigenvalue weighted by atomic mass is 35.5. The van der Waals surface area contributed by atoms with Crippen molar-refractivity contribution in [1.82, 2.24) is 9.62 Å². The van der Waals surface area contributed by atoms with Crippen LogP contribution in [0.5, 0.6) is 0 Å². The molecule has 1 amide bonds. The van der Waals surface area contributed by atoms with Gasteiger partial charge in [0.25, 0.3) is 5.91 Å². The Morgan fingerprint density at radius 1 is 1.12 bits per heavy atom. The minimum Gasteiger partial charge on any atom is -0.373 e. The Labute approximate surface area is 195 Å². The first-order valence-corrected chi connectivity index (χ1v) is 12.8. The molecule has 1 saturated heterocycles. The third-order valence-corrected chi connectivity index (χ3v) is 8.79. The van der Waals surface area contributed by atoms with E-state index in [1.165, 1.54) is 22.0 Å². The first-order valence-electron chi connectivity index (χ1n) is 11.0. The van der Waals surface area contributed by atoms with Gasteiger partial charge in [0.1, 0.15) is 4.90 Å². The zero-order chi connectivity index (χ0) is 22.9. The summed E-state index contributed by atoms with van der Waals surface area (Å²) in [6.45, 7) is 4.69. The molecule has 2 atom stereocenters. The van der Waals surface area contributed by atoms with Crippen LogP contribution >= 0.6 is 11.6 Å². The molecule has 1 N–H and O–H groups in total. The molecule has 6 nitrogen and oxygen atoms in total. The van der Waals surface area contributed by atoms with E-state index in [1.54, 1.807) is 6.07 Å². The number of benzene rings is 2. The van der Waals surface area contributed by atoms with E-state index in [0.29, 0.717) is 6.54 Å². The Balaban J connectivity index is 1.53. The molecule has 0 aromatic heterocycles. The van der Waals surface area contributed by atoms with E-state index in [1.807, 2.05) is 32.0 Å². The van der Waals surface area contributed by atoms with Crippen molar-refractivity contribution in [2.45, 2.75) is 55.6 Å². The van der Waals surface area contributed by atoms with Gasteiger partial charge in [-0.2, -0.15) is 4.31 Å². The fourth-order valence-electron chi connectivity index (χ4n) is 4.62. The van der Waals surface area contributed by atoms with Crippen molar-refractivity contribution in [3.05, 3.63) is 64.7 Å². The predicted molar refractivity (Wildman–Crippen MR) is 125 cm³/mol. The molecule has 2 aromatic rings. The number of carbonyl (C=O) groups excluding carboxylic acids is 1. The summed E-state index contributed by atoms with van der Waals surface area (Å²) in [4.78, 5) is 12.9. The average molecular weight is 477 g/mol. The highest BCUT2D eigenvalue weighted by Crippen LogP contribution is 2.43. The lowest BCUT2D eigenvalue weighted by Gasteiger charge is -2.42. The Morgan fingerprint density at radius 3 is 2.38 bits per heavy atom. The Morgan fingerprint density at radius 2 is 1.78 bits per heavy atom. The second-order valence-corrected chi connectivity index (χ2v) is 11.2. The van der Waals surface area contributed by atoms with Crippen molar-refractivity contribution >= 4 is 27.5 Å². The van der Waals surface area contributed by atoms with Crippen molar-refractivity contribution in [3.63, 3.8) is 0 Å². The summed E-state index contributed by atoms with van der Waals surface area (Å²) >= 11 is 6.27. The zero-order valence-corrected chi connectivity index (χ0v) is 20.0. The highest BCUT2D eigenvalue weighted by Gasteiger charge is 2.39. The van der Waals surface area contributed by atoms with Crippen LogP contribution in [0.15, 0.2) is 53.4 Å². The number of morpholine rings is 1. The monoisotopic (exact) mass is 476 g/mol. The molecule has 0 radical (unpaired) electrons. The Kier molecular flexibility index (Phi) is 6.63. The van der Waals surface area contributed by atoms with Crippen LogP contribution in [-0.4, -0.2) is 50.5 Å². The van der Waals surface area contributed by atoms with Gasteiger partial charge >= 0.3 is 0 Å². The second-order valence-electron chi connectivity index (χ2n) is 8.91. The van der Waals surface area contributed by atoms with E-state index >= 15 is 0 Å². The quantitative estimate of drug-likeness (QED) is 0.684. The van der Waals surface area contributed by atoms with Gasteiger partial charge in [-0.3, -0.25) is 4.79 Å². The molecule has 1 aliphatic carbocycles. The maximum atomic E-state index is 13.3. The van der Waals surface area contributed by atoms with Crippen LogP contribution in [0, 0.1) is 0 Å². The molecule has 1 saturated carbocycles. The van der Waals surface area contributed by atoms with Gasteiger partial charge in [0, 0.05) is 30.6 Å². The summed E-state index contributed by atoms with van der Waals surface area (Å²) < 4.78 is 33.6. The van der Waals surface area contributed by atoms with E-state index in [0.717, 1.165) is 19.3 Å². The summed E-state index contributed by atoms with van der Waals surface area (Å²) in [6, 6.07) is 14.6. The Hall–Kier alpha value is -1.93. The van der Waals surface area contributed by atoms with Crippen LogP contribution < -0.4 is 5.32 Å². The minimum atomic E-state index is -3.85. The number of carbonyl (C=O) groups is 1. The van der Waals surface area contributed by atoms with Gasteiger partial charge in [-0.1, -0.05) is 48.4 Å². The third kappa shape index (κ3) is 4.57. The average Bonchev–Trinajstić information content (AvgIpc) is 2.73. The van der Waals surface area contributed by atoms with Gasteiger partial charge in [0.2, 0.25) is 10.0 Å². The lowest BCUT2D eigenvalue weighted by molar-refractivity contribution is -0.0440. The molecule has 172 valence electrons.